The van der Waals surface area contributed by atoms with Crippen molar-refractivity contribution in [1.29, 1.82) is 0 Å². The molecule has 1 atom stereocenters. The third-order valence-corrected chi connectivity index (χ3v) is 7.65. The molecule has 0 radical (unpaired) electrons. The molecule has 0 saturated carbocycles. The topological polar surface area (TPSA) is 100 Å². The maximum absolute atomic E-state index is 13.3. The average molecular weight is 639 g/mol. The van der Waals surface area contributed by atoms with E-state index in [0.29, 0.717) is 39.8 Å². The predicted molar refractivity (Wildman–Crippen MR) is 176 cm³/mol. The Morgan fingerprint density at radius 1 is 0.809 bits per heavy atom. The van der Waals surface area contributed by atoms with E-state index in [1.165, 1.54) is 18.3 Å². The Bertz CT molecular complexity index is 1880. The largest absolute Gasteiger partial charge is 0.416 e. The van der Waals surface area contributed by atoms with Crippen LogP contribution in [0.3, 0.4) is 0 Å². The first-order chi connectivity index (χ1) is 22.6. The molecule has 0 saturated heterocycles. The molecule has 1 unspecified atom stereocenters. The molecular weight excluding hydrogens is 605 g/mol. The van der Waals surface area contributed by atoms with Crippen molar-refractivity contribution in [3.63, 3.8) is 0 Å². The Kier molecular flexibility index (Phi) is 10.3. The van der Waals surface area contributed by atoms with Crippen LogP contribution < -0.4 is 16.0 Å². The van der Waals surface area contributed by atoms with Crippen molar-refractivity contribution in [2.45, 2.75) is 38.4 Å². The number of fused-ring (bicyclic) bond motifs is 1. The quantitative estimate of drug-likeness (QED) is 0.128. The summed E-state index contributed by atoms with van der Waals surface area (Å²) >= 11 is 0. The second-order valence-electron chi connectivity index (χ2n) is 11.0. The highest BCUT2D eigenvalue weighted by molar-refractivity contribution is 6.09. The molecule has 0 fully saturated rings. The highest BCUT2D eigenvalue weighted by Crippen LogP contribution is 2.32. The van der Waals surface area contributed by atoms with Gasteiger partial charge in [0.05, 0.1) is 16.6 Å². The first kappa shape index (κ1) is 32.9. The number of halogens is 3. The average Bonchev–Trinajstić information content (AvgIpc) is 3.08. The number of carbonyl (C=O) groups excluding carboxylic acids is 3. The number of carbonyl (C=O) groups is 3. The van der Waals surface area contributed by atoms with Crippen LogP contribution in [0.2, 0.25) is 0 Å². The number of unbranched alkanes of at least 4 members (excludes halogenated alkanes) is 2. The number of aromatic nitrogens is 1. The van der Waals surface area contributed by atoms with Gasteiger partial charge in [0, 0.05) is 29.4 Å². The normalized spacial score (nSPS) is 11.9. The van der Waals surface area contributed by atoms with Crippen LogP contribution in [0.5, 0.6) is 0 Å². The summed E-state index contributed by atoms with van der Waals surface area (Å²) in [7, 11) is 0. The van der Waals surface area contributed by atoms with E-state index in [2.05, 4.69) is 27.9 Å². The summed E-state index contributed by atoms with van der Waals surface area (Å²) in [4.78, 5) is 44.1. The molecule has 3 N–H and O–H groups in total. The van der Waals surface area contributed by atoms with Crippen LogP contribution in [0, 0.1) is 0 Å². The zero-order valence-corrected chi connectivity index (χ0v) is 25.6. The van der Waals surface area contributed by atoms with E-state index in [1.54, 1.807) is 72.8 Å². The van der Waals surface area contributed by atoms with Crippen LogP contribution in [0.25, 0.3) is 22.0 Å². The van der Waals surface area contributed by atoms with Crippen molar-refractivity contribution in [2.75, 3.05) is 11.9 Å². The molecule has 5 aromatic rings. The van der Waals surface area contributed by atoms with Crippen molar-refractivity contribution >= 4 is 34.3 Å². The molecule has 0 aliphatic rings. The van der Waals surface area contributed by atoms with Gasteiger partial charge in [-0.2, -0.15) is 13.2 Å². The molecule has 0 bridgehead atoms. The van der Waals surface area contributed by atoms with Gasteiger partial charge in [-0.15, -0.1) is 0 Å². The molecule has 240 valence electrons. The number of rotatable bonds is 11. The number of nitrogens with zero attached hydrogens (tertiary/aromatic N) is 1. The van der Waals surface area contributed by atoms with Crippen LogP contribution in [-0.4, -0.2) is 29.3 Å². The number of hydrogen-bond acceptors (Lipinski definition) is 4. The molecule has 4 aromatic carbocycles. The Labute approximate surface area is 270 Å². The molecule has 1 heterocycles. The van der Waals surface area contributed by atoms with E-state index in [4.69, 9.17) is 0 Å². The smallest absolute Gasteiger partial charge is 0.354 e. The fourth-order valence-electron chi connectivity index (χ4n) is 5.14. The van der Waals surface area contributed by atoms with Crippen molar-refractivity contribution in [2.24, 2.45) is 0 Å². The number of nitrogens with one attached hydrogen (secondary N) is 3. The lowest BCUT2D eigenvalue weighted by Gasteiger charge is -2.19. The Morgan fingerprint density at radius 2 is 1.53 bits per heavy atom. The summed E-state index contributed by atoms with van der Waals surface area (Å²) in [6.07, 6.45) is -0.187. The second-order valence-corrected chi connectivity index (χ2v) is 11.0. The van der Waals surface area contributed by atoms with Gasteiger partial charge in [0.15, 0.2) is 0 Å². The van der Waals surface area contributed by atoms with E-state index in [1.807, 2.05) is 6.07 Å². The minimum Gasteiger partial charge on any atom is -0.354 e. The van der Waals surface area contributed by atoms with Crippen molar-refractivity contribution in [1.82, 2.24) is 15.6 Å². The summed E-state index contributed by atoms with van der Waals surface area (Å²) in [5.41, 5.74) is 2.35. The number of anilines is 1. The highest BCUT2D eigenvalue weighted by atomic mass is 19.4. The standard InChI is InChI=1S/C37H33F3N4O3/c1-2-3-9-20-41-36(47)33(25-10-5-4-6-11-25)44-34(45)27-21-26-16-19-29(22-32(26)42-23-27)43-35(46)31-13-8-7-12-30(31)24-14-17-28(18-15-24)37(38,39)40/h4-8,10-19,21-23,33H,2-3,9,20H2,1H3,(H,41,47)(H,43,46)(H,44,45). The van der Waals surface area contributed by atoms with Crippen LogP contribution >= 0.6 is 0 Å². The van der Waals surface area contributed by atoms with E-state index < -0.39 is 29.6 Å². The third kappa shape index (κ3) is 8.21. The molecule has 7 nitrogen and oxygen atoms in total. The van der Waals surface area contributed by atoms with Crippen molar-refractivity contribution in [3.05, 3.63) is 132 Å². The fraction of sp³-hybridized carbons (Fsp3) is 0.189. The van der Waals surface area contributed by atoms with Crippen molar-refractivity contribution in [3.8, 4) is 11.1 Å². The minimum absolute atomic E-state index is 0.263. The highest BCUT2D eigenvalue weighted by Gasteiger charge is 2.30. The number of alkyl halides is 3. The van der Waals surface area contributed by atoms with Gasteiger partial charge in [0.1, 0.15) is 6.04 Å². The van der Waals surface area contributed by atoms with E-state index >= 15 is 0 Å². The number of hydrogen-bond donors (Lipinski definition) is 3. The van der Waals surface area contributed by atoms with E-state index in [0.717, 1.165) is 31.4 Å². The molecule has 5 rings (SSSR count). The summed E-state index contributed by atoms with van der Waals surface area (Å²) in [6.45, 7) is 2.60. The molecule has 0 aliphatic carbocycles. The fourth-order valence-corrected chi connectivity index (χ4v) is 5.14. The Morgan fingerprint density at radius 3 is 2.26 bits per heavy atom. The lowest BCUT2D eigenvalue weighted by Crippen LogP contribution is -2.40. The molecular formula is C37H33F3N4O3. The zero-order chi connectivity index (χ0) is 33.4. The van der Waals surface area contributed by atoms with Crippen LogP contribution in [-0.2, 0) is 11.0 Å². The SMILES string of the molecule is CCCCCNC(=O)C(NC(=O)c1cnc2cc(NC(=O)c3ccccc3-c3ccc(C(F)(F)F)cc3)ccc2c1)c1ccccc1. The molecule has 10 heteroatoms. The van der Waals surface area contributed by atoms with E-state index in [-0.39, 0.29) is 17.0 Å². The second kappa shape index (κ2) is 14.7. The summed E-state index contributed by atoms with van der Waals surface area (Å²) < 4.78 is 39.1. The predicted octanol–water partition coefficient (Wildman–Crippen LogP) is 7.95. The molecule has 1 aromatic heterocycles. The van der Waals surface area contributed by atoms with Crippen molar-refractivity contribution < 1.29 is 27.6 Å². The monoisotopic (exact) mass is 638 g/mol. The lowest BCUT2D eigenvalue weighted by molar-refractivity contribution is -0.137. The summed E-state index contributed by atoms with van der Waals surface area (Å²) in [6, 6.07) is 26.1. The number of benzene rings is 4. The maximum atomic E-state index is 13.3. The van der Waals surface area contributed by atoms with Gasteiger partial charge in [-0.25, -0.2) is 0 Å². The molecule has 3 amide bonds. The zero-order valence-electron chi connectivity index (χ0n) is 25.6. The van der Waals surface area contributed by atoms with Crippen LogP contribution in [0.1, 0.15) is 64.1 Å². The third-order valence-electron chi connectivity index (χ3n) is 7.65. The van der Waals surface area contributed by atoms with E-state index in [9.17, 15) is 27.6 Å². The van der Waals surface area contributed by atoms with Crippen LogP contribution in [0.4, 0.5) is 18.9 Å². The Hall–Kier alpha value is -5.51. The minimum atomic E-state index is -4.46. The number of amides is 3. The molecule has 0 aliphatic heterocycles. The van der Waals surface area contributed by atoms with Gasteiger partial charge in [-0.05, 0) is 59.5 Å². The first-order valence-electron chi connectivity index (χ1n) is 15.3. The first-order valence-corrected chi connectivity index (χ1v) is 15.3. The van der Waals surface area contributed by atoms with Gasteiger partial charge in [-0.1, -0.05) is 86.5 Å². The molecule has 47 heavy (non-hydrogen) atoms. The van der Waals surface area contributed by atoms with Gasteiger partial charge in [0.2, 0.25) is 5.91 Å². The van der Waals surface area contributed by atoms with Gasteiger partial charge in [0.25, 0.3) is 11.8 Å². The lowest BCUT2D eigenvalue weighted by atomic mass is 9.98. The van der Waals surface area contributed by atoms with Crippen LogP contribution in [0.15, 0.2) is 109 Å². The maximum Gasteiger partial charge on any atom is 0.416 e. The number of pyridine rings is 1. The summed E-state index contributed by atoms with van der Waals surface area (Å²) in [5.74, 6) is -1.21. The summed E-state index contributed by atoms with van der Waals surface area (Å²) in [5, 5.41) is 9.22. The van der Waals surface area contributed by atoms with Gasteiger partial charge in [-0.3, -0.25) is 19.4 Å². The Balaban J connectivity index is 1.31. The van der Waals surface area contributed by atoms with Gasteiger partial charge < -0.3 is 16.0 Å². The van der Waals surface area contributed by atoms with Gasteiger partial charge >= 0.3 is 6.18 Å². The molecule has 0 spiro atoms.